The van der Waals surface area contributed by atoms with Gasteiger partial charge in [-0.1, -0.05) is 89.1 Å². The van der Waals surface area contributed by atoms with Crippen LogP contribution in [-0.4, -0.2) is 24.5 Å². The number of nitrogens with one attached hydrogen (secondary N) is 1. The van der Waals surface area contributed by atoms with Crippen molar-refractivity contribution in [2.24, 2.45) is 0 Å². The second kappa shape index (κ2) is 15.1. The summed E-state index contributed by atoms with van der Waals surface area (Å²) in [6.45, 7) is 6.75. The summed E-state index contributed by atoms with van der Waals surface area (Å²) in [6, 6.07) is 16.6. The van der Waals surface area contributed by atoms with Gasteiger partial charge in [0.15, 0.2) is 0 Å². The van der Waals surface area contributed by atoms with E-state index in [2.05, 4.69) is 19.2 Å². The van der Waals surface area contributed by atoms with Gasteiger partial charge in [0.1, 0.15) is 5.75 Å². The molecule has 180 valence electrons. The van der Waals surface area contributed by atoms with E-state index in [0.717, 1.165) is 32.1 Å². The Morgan fingerprint density at radius 1 is 0.818 bits per heavy atom. The van der Waals surface area contributed by atoms with E-state index in [0.29, 0.717) is 23.7 Å². The lowest BCUT2D eigenvalue weighted by atomic mass is 10.00. The average molecular weight is 453 g/mol. The molecular formula is C28H40N2O3. The molecule has 0 aromatic heterocycles. The summed E-state index contributed by atoms with van der Waals surface area (Å²) < 4.78 is 5.84. The molecule has 0 radical (unpaired) electrons. The molecule has 1 unspecified atom stereocenters. The second-order valence-electron chi connectivity index (χ2n) is 8.39. The van der Waals surface area contributed by atoms with Crippen LogP contribution in [0.25, 0.3) is 0 Å². The first-order valence-electron chi connectivity index (χ1n) is 12.5. The van der Waals surface area contributed by atoms with Crippen LogP contribution in [0, 0.1) is 0 Å². The lowest BCUT2D eigenvalue weighted by Gasteiger charge is -2.32. The van der Waals surface area contributed by atoms with Gasteiger partial charge in [0.25, 0.3) is 0 Å². The minimum Gasteiger partial charge on any atom is -0.492 e. The topological polar surface area (TPSA) is 58.6 Å². The lowest BCUT2D eigenvalue weighted by Crippen LogP contribution is -2.46. The molecule has 0 saturated carbocycles. The van der Waals surface area contributed by atoms with Gasteiger partial charge < -0.3 is 10.1 Å². The quantitative estimate of drug-likeness (QED) is 0.248. The van der Waals surface area contributed by atoms with Crippen LogP contribution in [0.2, 0.25) is 0 Å². The summed E-state index contributed by atoms with van der Waals surface area (Å²) >= 11 is 0. The fraction of sp³-hybridized carbons (Fsp3) is 0.500. The van der Waals surface area contributed by atoms with Gasteiger partial charge in [-0.15, -0.1) is 0 Å². The molecule has 2 aromatic rings. The maximum atomic E-state index is 13.6. The average Bonchev–Trinajstić information content (AvgIpc) is 2.83. The highest BCUT2D eigenvalue weighted by molar-refractivity contribution is 6.44. The predicted molar refractivity (Wildman–Crippen MR) is 137 cm³/mol. The largest absolute Gasteiger partial charge is 0.492 e. The third-order valence-electron chi connectivity index (χ3n) is 5.75. The number of unbranched alkanes of at least 4 members (excludes halogenated alkanes) is 5. The molecule has 0 bridgehead atoms. The number of ether oxygens (including phenoxy) is 1. The summed E-state index contributed by atoms with van der Waals surface area (Å²) in [4.78, 5) is 28.2. The Morgan fingerprint density at radius 3 is 2.18 bits per heavy atom. The van der Waals surface area contributed by atoms with Gasteiger partial charge in [0, 0.05) is 11.7 Å². The Hall–Kier alpha value is -2.82. The number of carbonyl (C=O) groups excluding carboxylic acids is 2. The Morgan fingerprint density at radius 2 is 1.48 bits per heavy atom. The molecule has 2 aromatic carbocycles. The van der Waals surface area contributed by atoms with Crippen molar-refractivity contribution in [1.82, 2.24) is 0 Å². The maximum Gasteiger partial charge on any atom is 0.317 e. The van der Waals surface area contributed by atoms with E-state index in [9.17, 15) is 9.59 Å². The van der Waals surface area contributed by atoms with Gasteiger partial charge in [-0.3, -0.25) is 14.5 Å². The molecule has 33 heavy (non-hydrogen) atoms. The van der Waals surface area contributed by atoms with Crippen LogP contribution < -0.4 is 15.0 Å². The zero-order chi connectivity index (χ0) is 23.9. The van der Waals surface area contributed by atoms with Gasteiger partial charge in [-0.2, -0.15) is 0 Å². The molecular weight excluding hydrogens is 412 g/mol. The minimum absolute atomic E-state index is 0.0585. The number of hydrogen-bond acceptors (Lipinski definition) is 3. The summed E-state index contributed by atoms with van der Waals surface area (Å²) in [5.41, 5.74) is 1.27. The van der Waals surface area contributed by atoms with Gasteiger partial charge in [-0.25, -0.2) is 0 Å². The maximum absolute atomic E-state index is 13.6. The van der Waals surface area contributed by atoms with E-state index in [1.54, 1.807) is 17.0 Å². The van der Waals surface area contributed by atoms with Gasteiger partial charge in [-0.05, 0) is 44.0 Å². The van der Waals surface area contributed by atoms with Crippen molar-refractivity contribution in [3.05, 3.63) is 54.6 Å². The summed E-state index contributed by atoms with van der Waals surface area (Å²) in [6.07, 6.45) is 9.78. The minimum atomic E-state index is -0.628. The highest BCUT2D eigenvalue weighted by Gasteiger charge is 2.31. The normalized spacial score (nSPS) is 11.6. The molecule has 0 saturated heterocycles. The molecule has 0 fully saturated rings. The number of anilines is 2. The number of nitrogens with zero attached hydrogens (tertiary/aromatic N) is 1. The number of amides is 2. The number of benzene rings is 2. The van der Waals surface area contributed by atoms with Crippen LogP contribution in [0.1, 0.15) is 78.6 Å². The van der Waals surface area contributed by atoms with E-state index in [-0.39, 0.29) is 6.04 Å². The van der Waals surface area contributed by atoms with Crippen LogP contribution in [0.5, 0.6) is 5.75 Å². The number of rotatable bonds is 14. The standard InChI is InChI=1S/C28H40N2O3/c1-4-7-8-9-10-14-20-24(17-5-2)30(25-21-15-16-22-26(25)33-6-3)28(32)27(31)29-23-18-12-11-13-19-23/h11-13,15-16,18-19,21-22,24H,4-10,14,17,20H2,1-3H3,(H,29,31). The molecule has 0 aliphatic heterocycles. The Kier molecular flexibility index (Phi) is 12.1. The first-order valence-corrected chi connectivity index (χ1v) is 12.5. The van der Waals surface area contributed by atoms with Crippen molar-refractivity contribution in [2.45, 2.75) is 84.6 Å². The van der Waals surface area contributed by atoms with E-state index in [4.69, 9.17) is 4.74 Å². The predicted octanol–water partition coefficient (Wildman–Crippen LogP) is 6.98. The van der Waals surface area contributed by atoms with Crippen molar-refractivity contribution in [1.29, 1.82) is 0 Å². The first kappa shape index (κ1) is 26.4. The zero-order valence-electron chi connectivity index (χ0n) is 20.5. The number of hydrogen-bond donors (Lipinski definition) is 1. The van der Waals surface area contributed by atoms with E-state index < -0.39 is 11.8 Å². The molecule has 2 amide bonds. The summed E-state index contributed by atoms with van der Waals surface area (Å²) in [5, 5.41) is 2.76. The third-order valence-corrected chi connectivity index (χ3v) is 5.75. The fourth-order valence-corrected chi connectivity index (χ4v) is 4.12. The summed E-state index contributed by atoms with van der Waals surface area (Å²) in [7, 11) is 0. The molecule has 1 atom stereocenters. The molecule has 2 rings (SSSR count). The van der Waals surface area contributed by atoms with Crippen molar-refractivity contribution >= 4 is 23.2 Å². The number of para-hydroxylation sites is 3. The Labute approximate surface area is 199 Å². The van der Waals surface area contributed by atoms with Crippen LogP contribution in [0.15, 0.2) is 54.6 Å². The van der Waals surface area contributed by atoms with Crippen molar-refractivity contribution in [3.8, 4) is 5.75 Å². The monoisotopic (exact) mass is 452 g/mol. The molecule has 0 aliphatic rings. The molecule has 5 nitrogen and oxygen atoms in total. The number of carbonyl (C=O) groups is 2. The van der Waals surface area contributed by atoms with Crippen LogP contribution in [0.3, 0.4) is 0 Å². The van der Waals surface area contributed by atoms with E-state index in [1.165, 1.54) is 25.7 Å². The van der Waals surface area contributed by atoms with Crippen LogP contribution in [-0.2, 0) is 9.59 Å². The fourth-order valence-electron chi connectivity index (χ4n) is 4.12. The van der Waals surface area contributed by atoms with E-state index in [1.807, 2.05) is 49.4 Å². The summed E-state index contributed by atoms with van der Waals surface area (Å²) in [5.74, 6) is -0.545. The molecule has 0 heterocycles. The molecule has 0 spiro atoms. The van der Waals surface area contributed by atoms with Gasteiger partial charge in [0.05, 0.1) is 12.3 Å². The Balaban J connectivity index is 2.27. The highest BCUT2D eigenvalue weighted by Crippen LogP contribution is 2.32. The zero-order valence-corrected chi connectivity index (χ0v) is 20.5. The molecule has 0 aliphatic carbocycles. The van der Waals surface area contributed by atoms with Crippen molar-refractivity contribution in [2.75, 3.05) is 16.8 Å². The second-order valence-corrected chi connectivity index (χ2v) is 8.39. The van der Waals surface area contributed by atoms with Crippen LogP contribution in [0.4, 0.5) is 11.4 Å². The van der Waals surface area contributed by atoms with Crippen molar-refractivity contribution in [3.63, 3.8) is 0 Å². The lowest BCUT2D eigenvalue weighted by molar-refractivity contribution is -0.134. The SMILES string of the molecule is CCCCCCCCC(CCC)N(C(=O)C(=O)Nc1ccccc1)c1ccccc1OCC. The van der Waals surface area contributed by atoms with Gasteiger partial charge in [0.2, 0.25) is 0 Å². The van der Waals surface area contributed by atoms with Gasteiger partial charge >= 0.3 is 11.8 Å². The first-order chi connectivity index (χ1) is 16.1. The Bertz CT molecular complexity index is 838. The van der Waals surface area contributed by atoms with Crippen LogP contribution >= 0.6 is 0 Å². The van der Waals surface area contributed by atoms with E-state index >= 15 is 0 Å². The van der Waals surface area contributed by atoms with Crippen molar-refractivity contribution < 1.29 is 14.3 Å². The highest BCUT2D eigenvalue weighted by atomic mass is 16.5. The third kappa shape index (κ3) is 8.56. The smallest absolute Gasteiger partial charge is 0.317 e. The molecule has 1 N–H and O–H groups in total. The molecule has 5 heteroatoms.